The summed E-state index contributed by atoms with van der Waals surface area (Å²) >= 11 is 0. The Labute approximate surface area is 118 Å². The van der Waals surface area contributed by atoms with Crippen LogP contribution in [0.3, 0.4) is 0 Å². The molecule has 19 heavy (non-hydrogen) atoms. The van der Waals surface area contributed by atoms with Crippen molar-refractivity contribution in [1.29, 1.82) is 0 Å². The molecular weight excluding hydrogens is 242 g/mol. The summed E-state index contributed by atoms with van der Waals surface area (Å²) in [5.41, 5.74) is 0. The Morgan fingerprint density at radius 1 is 1.00 bits per heavy atom. The zero-order valence-electron chi connectivity index (χ0n) is 13.4. The minimum atomic E-state index is 0.0463. The van der Waals surface area contributed by atoms with Gasteiger partial charge in [0, 0.05) is 38.1 Å². The molecule has 0 fully saturated rings. The summed E-state index contributed by atoms with van der Waals surface area (Å²) in [5.74, 6) is 0.564. The molecule has 0 aromatic heterocycles. The van der Waals surface area contributed by atoms with Crippen LogP contribution in [0.2, 0.25) is 0 Å². The van der Waals surface area contributed by atoms with E-state index in [1.54, 1.807) is 6.92 Å². The van der Waals surface area contributed by atoms with E-state index in [9.17, 15) is 4.79 Å². The third-order valence-corrected chi connectivity index (χ3v) is 2.96. The number of aliphatic hydroxyl groups excluding tert-OH is 2. The van der Waals surface area contributed by atoms with Crippen molar-refractivity contribution < 1.29 is 15.0 Å². The summed E-state index contributed by atoms with van der Waals surface area (Å²) in [7, 11) is 0. The molecule has 0 aromatic rings. The average Bonchev–Trinajstić information content (AvgIpc) is 2.45. The van der Waals surface area contributed by atoms with Crippen LogP contribution in [-0.4, -0.2) is 47.3 Å². The normalized spacial score (nSPS) is 11.8. The van der Waals surface area contributed by atoms with Crippen LogP contribution in [0.5, 0.6) is 0 Å². The average molecular weight is 275 g/mol. The van der Waals surface area contributed by atoms with Crippen LogP contribution in [-0.2, 0) is 4.79 Å². The second-order valence-electron chi connectivity index (χ2n) is 5.10. The van der Waals surface area contributed by atoms with Gasteiger partial charge < -0.3 is 15.1 Å². The van der Waals surface area contributed by atoms with E-state index in [2.05, 4.69) is 20.8 Å². The number of hydrogen-bond acceptors (Lipinski definition) is 3. The van der Waals surface area contributed by atoms with Crippen LogP contribution < -0.4 is 0 Å². The standard InChI is InChI=1S/C11H23NO.C4H10O2/c1-5-8-12(9-6-2)11(13)10(4)7-3;1-4(2-5)3-6/h10H,5-9H2,1-4H3;4-6H,2-3H2,1H3. The first-order valence-electron chi connectivity index (χ1n) is 7.48. The molecule has 4 nitrogen and oxygen atoms in total. The van der Waals surface area contributed by atoms with Gasteiger partial charge in [0.1, 0.15) is 0 Å². The molecule has 2 N–H and O–H groups in total. The Bertz CT molecular complexity index is 200. The summed E-state index contributed by atoms with van der Waals surface area (Å²) in [6, 6.07) is 0. The van der Waals surface area contributed by atoms with Crippen molar-refractivity contribution in [3.8, 4) is 0 Å². The fourth-order valence-corrected chi connectivity index (χ4v) is 1.42. The van der Waals surface area contributed by atoms with Crippen molar-refractivity contribution >= 4 is 5.91 Å². The van der Waals surface area contributed by atoms with Crippen molar-refractivity contribution in [3.63, 3.8) is 0 Å². The van der Waals surface area contributed by atoms with E-state index < -0.39 is 0 Å². The molecule has 1 atom stereocenters. The van der Waals surface area contributed by atoms with Gasteiger partial charge in [-0.3, -0.25) is 4.79 Å². The third-order valence-electron chi connectivity index (χ3n) is 2.96. The molecular formula is C15H33NO3. The lowest BCUT2D eigenvalue weighted by Crippen LogP contribution is -2.36. The largest absolute Gasteiger partial charge is 0.396 e. The van der Waals surface area contributed by atoms with Crippen LogP contribution >= 0.6 is 0 Å². The maximum Gasteiger partial charge on any atom is 0.225 e. The lowest BCUT2D eigenvalue weighted by molar-refractivity contribution is -0.135. The quantitative estimate of drug-likeness (QED) is 0.714. The highest BCUT2D eigenvalue weighted by atomic mass is 16.3. The number of nitrogens with zero attached hydrogens (tertiary/aromatic N) is 1. The molecule has 0 saturated heterocycles. The van der Waals surface area contributed by atoms with Crippen LogP contribution in [0.4, 0.5) is 0 Å². The molecule has 1 amide bonds. The summed E-state index contributed by atoms with van der Waals surface area (Å²) in [6.45, 7) is 12.1. The SMILES string of the molecule is CC(CO)CO.CCCN(CCC)C(=O)C(C)CC. The van der Waals surface area contributed by atoms with E-state index >= 15 is 0 Å². The Balaban J connectivity index is 0. The zero-order valence-corrected chi connectivity index (χ0v) is 13.4. The first kappa shape index (κ1) is 20.7. The molecule has 0 aliphatic heterocycles. The number of aliphatic hydroxyl groups is 2. The molecule has 0 aromatic carbocycles. The van der Waals surface area contributed by atoms with E-state index in [0.29, 0.717) is 5.91 Å². The maximum absolute atomic E-state index is 11.8. The van der Waals surface area contributed by atoms with Gasteiger partial charge in [-0.2, -0.15) is 0 Å². The monoisotopic (exact) mass is 275 g/mol. The second-order valence-corrected chi connectivity index (χ2v) is 5.10. The number of carbonyl (C=O) groups is 1. The second kappa shape index (κ2) is 13.8. The van der Waals surface area contributed by atoms with Gasteiger partial charge in [-0.25, -0.2) is 0 Å². The van der Waals surface area contributed by atoms with Crippen molar-refractivity contribution in [2.75, 3.05) is 26.3 Å². The molecule has 0 spiro atoms. The molecule has 0 saturated carbocycles. The number of carbonyl (C=O) groups excluding carboxylic acids is 1. The Kier molecular flexibility index (Phi) is 15.1. The van der Waals surface area contributed by atoms with Gasteiger partial charge in [-0.05, 0) is 19.3 Å². The van der Waals surface area contributed by atoms with Crippen molar-refractivity contribution in [2.45, 2.75) is 53.9 Å². The Morgan fingerprint density at radius 2 is 1.42 bits per heavy atom. The molecule has 0 aliphatic carbocycles. The molecule has 0 radical (unpaired) electrons. The smallest absolute Gasteiger partial charge is 0.225 e. The van der Waals surface area contributed by atoms with Crippen LogP contribution in [0.25, 0.3) is 0 Å². The van der Waals surface area contributed by atoms with Crippen molar-refractivity contribution in [3.05, 3.63) is 0 Å². The van der Waals surface area contributed by atoms with Gasteiger partial charge in [0.25, 0.3) is 0 Å². The minimum Gasteiger partial charge on any atom is -0.396 e. The van der Waals surface area contributed by atoms with Gasteiger partial charge in [-0.15, -0.1) is 0 Å². The fourth-order valence-electron chi connectivity index (χ4n) is 1.42. The Morgan fingerprint density at radius 3 is 1.63 bits per heavy atom. The first-order chi connectivity index (χ1) is 8.98. The third kappa shape index (κ3) is 11.0. The van der Waals surface area contributed by atoms with Crippen LogP contribution in [0, 0.1) is 11.8 Å². The fraction of sp³-hybridized carbons (Fsp3) is 0.933. The lowest BCUT2D eigenvalue weighted by atomic mass is 10.1. The summed E-state index contributed by atoms with van der Waals surface area (Å²) in [5, 5.41) is 16.3. The molecule has 0 heterocycles. The number of hydrogen-bond donors (Lipinski definition) is 2. The predicted molar refractivity (Wildman–Crippen MR) is 80.0 cm³/mol. The van der Waals surface area contributed by atoms with Gasteiger partial charge in [0.05, 0.1) is 0 Å². The lowest BCUT2D eigenvalue weighted by Gasteiger charge is -2.24. The highest BCUT2D eigenvalue weighted by Crippen LogP contribution is 2.07. The van der Waals surface area contributed by atoms with Crippen molar-refractivity contribution in [1.82, 2.24) is 4.90 Å². The minimum absolute atomic E-state index is 0.0463. The number of amides is 1. The van der Waals surface area contributed by atoms with E-state index in [0.717, 1.165) is 32.4 Å². The molecule has 1 unspecified atom stereocenters. The summed E-state index contributed by atoms with van der Waals surface area (Å²) in [4.78, 5) is 13.8. The Hall–Kier alpha value is -0.610. The van der Waals surface area contributed by atoms with Crippen LogP contribution in [0.15, 0.2) is 0 Å². The van der Waals surface area contributed by atoms with E-state index in [4.69, 9.17) is 10.2 Å². The number of rotatable bonds is 8. The molecule has 0 aliphatic rings. The van der Waals surface area contributed by atoms with E-state index in [1.807, 2.05) is 11.8 Å². The summed E-state index contributed by atoms with van der Waals surface area (Å²) in [6.07, 6.45) is 3.06. The molecule has 0 rings (SSSR count). The molecule has 116 valence electrons. The van der Waals surface area contributed by atoms with Crippen LogP contribution in [0.1, 0.15) is 53.9 Å². The highest BCUT2D eigenvalue weighted by molar-refractivity contribution is 5.78. The zero-order chi connectivity index (χ0) is 15.3. The van der Waals surface area contributed by atoms with Gasteiger partial charge >= 0.3 is 0 Å². The van der Waals surface area contributed by atoms with Gasteiger partial charge in [-0.1, -0.05) is 34.6 Å². The predicted octanol–water partition coefficient (Wildman–Crippen LogP) is 2.29. The molecule has 4 heteroatoms. The van der Waals surface area contributed by atoms with Crippen molar-refractivity contribution in [2.24, 2.45) is 11.8 Å². The highest BCUT2D eigenvalue weighted by Gasteiger charge is 2.16. The van der Waals surface area contributed by atoms with E-state index in [-0.39, 0.29) is 25.0 Å². The summed E-state index contributed by atoms with van der Waals surface area (Å²) < 4.78 is 0. The maximum atomic E-state index is 11.8. The van der Waals surface area contributed by atoms with E-state index in [1.165, 1.54) is 0 Å². The molecule has 0 bridgehead atoms. The first-order valence-corrected chi connectivity index (χ1v) is 7.48. The topological polar surface area (TPSA) is 60.8 Å². The van der Waals surface area contributed by atoms with Gasteiger partial charge in [0.15, 0.2) is 0 Å². The van der Waals surface area contributed by atoms with Gasteiger partial charge in [0.2, 0.25) is 5.91 Å².